The van der Waals surface area contributed by atoms with E-state index >= 15 is 0 Å². The van der Waals surface area contributed by atoms with Gasteiger partial charge in [-0.2, -0.15) is 5.10 Å². The van der Waals surface area contributed by atoms with Crippen LogP contribution in [0.15, 0.2) is 36.3 Å². The van der Waals surface area contributed by atoms with Crippen molar-refractivity contribution in [1.82, 2.24) is 15.5 Å². The summed E-state index contributed by atoms with van der Waals surface area (Å²) < 4.78 is 13.3. The van der Waals surface area contributed by atoms with Crippen LogP contribution in [0.3, 0.4) is 0 Å². The van der Waals surface area contributed by atoms with Crippen molar-refractivity contribution in [3.63, 3.8) is 0 Å². The molecule has 29 heavy (non-hydrogen) atoms. The van der Waals surface area contributed by atoms with Crippen molar-refractivity contribution in [3.05, 3.63) is 46.9 Å². The normalized spacial score (nSPS) is 31.2. The Hall–Kier alpha value is -2.45. The molecule has 5 rings (SSSR count). The van der Waals surface area contributed by atoms with Crippen molar-refractivity contribution >= 4 is 22.9 Å². The number of allylic oxidation sites excluding steroid dienone is 3. The van der Waals surface area contributed by atoms with Gasteiger partial charge in [0.25, 0.3) is 5.91 Å². The quantitative estimate of drug-likeness (QED) is 0.597. The van der Waals surface area contributed by atoms with Gasteiger partial charge in [0.05, 0.1) is 17.5 Å². The van der Waals surface area contributed by atoms with Crippen molar-refractivity contribution in [1.29, 1.82) is 0 Å². The lowest BCUT2D eigenvalue weighted by Gasteiger charge is -2.49. The van der Waals surface area contributed by atoms with E-state index in [-0.39, 0.29) is 17.7 Å². The van der Waals surface area contributed by atoms with Crippen molar-refractivity contribution in [3.8, 4) is 10.4 Å². The van der Waals surface area contributed by atoms with E-state index in [9.17, 15) is 14.3 Å². The number of aliphatic hydroxyl groups is 1. The molecule has 3 aliphatic rings. The summed E-state index contributed by atoms with van der Waals surface area (Å²) in [6.07, 6.45) is 9.33. The first kappa shape index (κ1) is 18.6. The minimum absolute atomic E-state index is 0.0795. The van der Waals surface area contributed by atoms with Gasteiger partial charge in [-0.1, -0.05) is 6.08 Å². The fourth-order valence-corrected chi connectivity index (χ4v) is 5.75. The molecule has 0 aromatic carbocycles. The third-order valence-electron chi connectivity index (χ3n) is 6.47. The summed E-state index contributed by atoms with van der Waals surface area (Å²) in [6, 6.07) is 2.01. The van der Waals surface area contributed by atoms with Gasteiger partial charge in [0, 0.05) is 22.1 Å². The number of hydrogen-bond donors (Lipinski definition) is 4. The fourth-order valence-electron chi connectivity index (χ4n) is 4.67. The number of amides is 1. The number of aromatic amines is 1. The lowest BCUT2D eigenvalue weighted by atomic mass is 9.69. The van der Waals surface area contributed by atoms with Crippen molar-refractivity contribution in [2.24, 2.45) is 5.92 Å². The van der Waals surface area contributed by atoms with Gasteiger partial charge in [-0.3, -0.25) is 9.89 Å². The number of anilines is 1. The molecule has 152 valence electrons. The third kappa shape index (κ3) is 3.11. The van der Waals surface area contributed by atoms with E-state index in [1.165, 1.54) is 23.5 Å². The van der Waals surface area contributed by atoms with E-state index in [0.717, 1.165) is 21.8 Å². The highest BCUT2D eigenvalue weighted by molar-refractivity contribution is 7.18. The molecule has 2 aliphatic carbocycles. The summed E-state index contributed by atoms with van der Waals surface area (Å²) in [6.45, 7) is 1.96. The highest BCUT2D eigenvalue weighted by Gasteiger charge is 2.48. The minimum Gasteiger partial charge on any atom is -0.389 e. The number of aromatic nitrogens is 2. The van der Waals surface area contributed by atoms with Crippen LogP contribution in [0, 0.1) is 12.8 Å². The van der Waals surface area contributed by atoms with Crippen molar-refractivity contribution in [2.45, 2.75) is 50.3 Å². The van der Waals surface area contributed by atoms with E-state index in [4.69, 9.17) is 0 Å². The number of rotatable bonds is 2. The Labute approximate surface area is 171 Å². The summed E-state index contributed by atoms with van der Waals surface area (Å²) >= 11 is 1.45. The van der Waals surface area contributed by atoms with Gasteiger partial charge < -0.3 is 15.7 Å². The van der Waals surface area contributed by atoms with Crippen LogP contribution in [0.4, 0.5) is 10.1 Å². The molecular weight excluding hydrogens is 391 g/mol. The number of carbonyl (C=O) groups excluding carboxylic acids is 1. The molecule has 6 nitrogen and oxygen atoms in total. The molecule has 8 heteroatoms. The Kier molecular flexibility index (Phi) is 4.18. The van der Waals surface area contributed by atoms with Gasteiger partial charge in [-0.05, 0) is 57.2 Å². The van der Waals surface area contributed by atoms with Crippen molar-refractivity contribution in [2.75, 3.05) is 5.32 Å². The Bertz CT molecular complexity index is 1030. The van der Waals surface area contributed by atoms with Gasteiger partial charge in [0.1, 0.15) is 16.4 Å². The molecule has 1 saturated carbocycles. The molecule has 1 spiro atoms. The molecule has 1 atom stereocenters. The predicted molar refractivity (Wildman–Crippen MR) is 110 cm³/mol. The van der Waals surface area contributed by atoms with Gasteiger partial charge in [-0.15, -0.1) is 11.3 Å². The number of carbonyl (C=O) groups is 1. The summed E-state index contributed by atoms with van der Waals surface area (Å²) in [5.41, 5.74) is 1.36. The molecular formula is C21H23FN4O2S. The number of nitrogens with one attached hydrogen (secondary N) is 3. The molecule has 2 aromatic heterocycles. The molecule has 4 N–H and O–H groups in total. The number of nitrogens with zero attached hydrogens (tertiary/aromatic N) is 1. The fraction of sp³-hybridized carbons (Fsp3) is 0.429. The second-order valence-corrected chi connectivity index (χ2v) is 9.37. The van der Waals surface area contributed by atoms with Gasteiger partial charge in [0.2, 0.25) is 0 Å². The highest BCUT2D eigenvalue weighted by atomic mass is 32.1. The molecule has 1 unspecified atom stereocenters. The largest absolute Gasteiger partial charge is 0.389 e. The minimum atomic E-state index is -0.876. The molecule has 2 aromatic rings. The van der Waals surface area contributed by atoms with E-state index in [0.29, 0.717) is 37.0 Å². The SMILES string of the molecule is Cc1[nH]ncc1-c1cc2c(s1)C(=O)N[C@]1(CC[C@@](O)(C3C=CC(F)=CC3)CC1)N2. The summed E-state index contributed by atoms with van der Waals surface area (Å²) in [4.78, 5) is 14.5. The molecule has 0 bridgehead atoms. The third-order valence-corrected chi connectivity index (χ3v) is 7.64. The second-order valence-electron chi connectivity index (χ2n) is 8.32. The van der Waals surface area contributed by atoms with Crippen LogP contribution < -0.4 is 10.6 Å². The number of aryl methyl sites for hydroxylation is 1. The first-order valence-electron chi connectivity index (χ1n) is 9.89. The predicted octanol–water partition coefficient (Wildman–Crippen LogP) is 4.03. The van der Waals surface area contributed by atoms with E-state index < -0.39 is 11.3 Å². The van der Waals surface area contributed by atoms with Gasteiger partial charge >= 0.3 is 0 Å². The number of thiophene rings is 1. The number of H-pyrrole nitrogens is 1. The monoisotopic (exact) mass is 414 g/mol. The first-order chi connectivity index (χ1) is 13.9. The average molecular weight is 415 g/mol. The van der Waals surface area contributed by atoms with Crippen LogP contribution >= 0.6 is 11.3 Å². The zero-order chi connectivity index (χ0) is 20.2. The number of hydrogen-bond acceptors (Lipinski definition) is 5. The van der Waals surface area contributed by atoms with Crippen LogP contribution in [0.5, 0.6) is 0 Å². The number of halogens is 1. The second kappa shape index (κ2) is 6.53. The number of fused-ring (bicyclic) bond motifs is 1. The topological polar surface area (TPSA) is 90.0 Å². The van der Waals surface area contributed by atoms with Gasteiger partial charge in [0.15, 0.2) is 0 Å². The zero-order valence-corrected chi connectivity index (χ0v) is 16.9. The maximum absolute atomic E-state index is 13.3. The van der Waals surface area contributed by atoms with E-state index in [1.54, 1.807) is 12.3 Å². The Balaban J connectivity index is 1.35. The zero-order valence-electron chi connectivity index (χ0n) is 16.1. The summed E-state index contributed by atoms with van der Waals surface area (Å²) in [5.74, 6) is -0.415. The summed E-state index contributed by atoms with van der Waals surface area (Å²) in [7, 11) is 0. The molecule has 1 aliphatic heterocycles. The van der Waals surface area contributed by atoms with Crippen LogP contribution in [0.25, 0.3) is 10.4 Å². The molecule has 1 fully saturated rings. The maximum Gasteiger partial charge on any atom is 0.265 e. The van der Waals surface area contributed by atoms with Crippen molar-refractivity contribution < 1.29 is 14.3 Å². The molecule has 3 heterocycles. The van der Waals surface area contributed by atoms with E-state index in [1.807, 2.05) is 13.0 Å². The highest BCUT2D eigenvalue weighted by Crippen LogP contribution is 2.46. The Morgan fingerprint density at radius 2 is 2.07 bits per heavy atom. The first-order valence-corrected chi connectivity index (χ1v) is 10.7. The standard InChI is InChI=1S/C21H23FN4O2S/c1-12-15(11-23-26-12)17-10-16-18(29-17)19(27)25-21(24-16)8-6-20(28,7-9-21)13-2-4-14(22)5-3-13/h2,4-5,10-11,13,24,28H,3,6-9H2,1H3,(H,23,26)(H,25,27)/t13?,20-,21-. The van der Waals surface area contributed by atoms with E-state index in [2.05, 4.69) is 20.8 Å². The summed E-state index contributed by atoms with van der Waals surface area (Å²) in [5, 5.41) is 24.9. The van der Waals surface area contributed by atoms with Crippen LogP contribution in [0.1, 0.15) is 47.5 Å². The lowest BCUT2D eigenvalue weighted by molar-refractivity contribution is -0.0490. The van der Waals surface area contributed by atoms with Crippen LogP contribution in [-0.2, 0) is 0 Å². The smallest absolute Gasteiger partial charge is 0.265 e. The molecule has 0 radical (unpaired) electrons. The maximum atomic E-state index is 13.3. The Morgan fingerprint density at radius 1 is 1.28 bits per heavy atom. The van der Waals surface area contributed by atoms with Crippen LogP contribution in [0.2, 0.25) is 0 Å². The Morgan fingerprint density at radius 3 is 2.72 bits per heavy atom. The van der Waals surface area contributed by atoms with Crippen LogP contribution in [-0.4, -0.2) is 32.5 Å². The molecule has 0 saturated heterocycles. The van der Waals surface area contributed by atoms with Gasteiger partial charge in [-0.25, -0.2) is 4.39 Å². The lowest BCUT2D eigenvalue weighted by Crippen LogP contribution is -2.61. The molecule has 1 amide bonds. The average Bonchev–Trinajstić information content (AvgIpc) is 3.31.